The molecule has 0 spiro atoms. The Hall–Kier alpha value is -1.78. The van der Waals surface area contributed by atoms with Gasteiger partial charge in [-0.05, 0) is 13.2 Å². The number of esters is 2. The molecule has 0 amide bonds. The van der Waals surface area contributed by atoms with E-state index in [4.69, 9.17) is 0 Å². The maximum absolute atomic E-state index is 10.7. The van der Waals surface area contributed by atoms with Gasteiger partial charge in [-0.3, -0.25) is 0 Å². The summed E-state index contributed by atoms with van der Waals surface area (Å²) in [5.74, 6) is -2.19. The molecular formula is C8H10O5. The van der Waals surface area contributed by atoms with Crippen molar-refractivity contribution in [3.63, 3.8) is 0 Å². The van der Waals surface area contributed by atoms with Gasteiger partial charge in [0.2, 0.25) is 11.5 Å². The lowest BCUT2D eigenvalue weighted by atomic mass is 10.5. The largest absolute Gasteiger partial charge is 0.463 e. The van der Waals surface area contributed by atoms with Gasteiger partial charge < -0.3 is 14.2 Å². The van der Waals surface area contributed by atoms with E-state index in [0.29, 0.717) is 0 Å². The Labute approximate surface area is 75.6 Å². The fourth-order valence-electron chi connectivity index (χ4n) is 0.460. The normalized spacial score (nSPS) is 8.46. The SMILES string of the molecule is C=C(OC(=C)C(=O)OC)C(=O)OC. The lowest BCUT2D eigenvalue weighted by molar-refractivity contribution is -0.142. The first-order valence-electron chi connectivity index (χ1n) is 3.25. The number of carbonyl (C=O) groups excluding carboxylic acids is 2. The highest BCUT2D eigenvalue weighted by atomic mass is 16.6. The third-order valence-electron chi connectivity index (χ3n) is 1.07. The molecule has 0 aliphatic carbocycles. The number of methoxy groups -OCH3 is 2. The van der Waals surface area contributed by atoms with Gasteiger partial charge in [0.15, 0.2) is 0 Å². The van der Waals surface area contributed by atoms with Crippen LogP contribution in [0.15, 0.2) is 24.7 Å². The van der Waals surface area contributed by atoms with Crippen LogP contribution in [0.3, 0.4) is 0 Å². The van der Waals surface area contributed by atoms with E-state index in [1.807, 2.05) is 0 Å². The van der Waals surface area contributed by atoms with Crippen LogP contribution in [0, 0.1) is 0 Å². The van der Waals surface area contributed by atoms with Crippen LogP contribution in [0.25, 0.3) is 0 Å². The zero-order valence-electron chi connectivity index (χ0n) is 7.46. The number of ether oxygens (including phenoxy) is 3. The highest BCUT2D eigenvalue weighted by molar-refractivity contribution is 5.89. The molecule has 0 N–H and O–H groups in total. The molecular weight excluding hydrogens is 176 g/mol. The average Bonchev–Trinajstić information content (AvgIpc) is 2.14. The van der Waals surface area contributed by atoms with E-state index in [1.54, 1.807) is 0 Å². The zero-order chi connectivity index (χ0) is 10.4. The van der Waals surface area contributed by atoms with Crippen LogP contribution in [0.2, 0.25) is 0 Å². The van der Waals surface area contributed by atoms with Crippen LogP contribution in [0.5, 0.6) is 0 Å². The predicted octanol–water partition coefficient (Wildman–Crippen LogP) is 0.376. The molecule has 0 saturated heterocycles. The minimum Gasteiger partial charge on any atom is -0.463 e. The Morgan fingerprint density at radius 2 is 1.23 bits per heavy atom. The Kier molecular flexibility index (Phi) is 4.29. The van der Waals surface area contributed by atoms with Crippen molar-refractivity contribution in [1.29, 1.82) is 0 Å². The Balaban J connectivity index is 4.15. The fourth-order valence-corrected chi connectivity index (χ4v) is 0.460. The van der Waals surface area contributed by atoms with E-state index in [1.165, 1.54) is 0 Å². The molecule has 0 saturated carbocycles. The summed E-state index contributed by atoms with van der Waals surface area (Å²) in [7, 11) is 2.33. The quantitative estimate of drug-likeness (QED) is 0.360. The highest BCUT2D eigenvalue weighted by Gasteiger charge is 2.14. The topological polar surface area (TPSA) is 61.8 Å². The van der Waals surface area contributed by atoms with Crippen LogP contribution < -0.4 is 0 Å². The first kappa shape index (κ1) is 11.2. The van der Waals surface area contributed by atoms with E-state index in [0.717, 1.165) is 14.2 Å². The van der Waals surface area contributed by atoms with E-state index in [2.05, 4.69) is 27.4 Å². The molecule has 0 aromatic rings. The zero-order valence-corrected chi connectivity index (χ0v) is 7.46. The standard InChI is InChI=1S/C8H10O5/c1-5(7(9)11-3)13-6(2)8(10)12-4/h1-2H2,3-4H3. The van der Waals surface area contributed by atoms with E-state index in [-0.39, 0.29) is 11.5 Å². The van der Waals surface area contributed by atoms with Gasteiger partial charge in [-0.15, -0.1) is 0 Å². The van der Waals surface area contributed by atoms with Gasteiger partial charge in [0, 0.05) is 0 Å². The summed E-state index contributed by atoms with van der Waals surface area (Å²) in [6, 6.07) is 0. The van der Waals surface area contributed by atoms with Gasteiger partial charge in [-0.25, -0.2) is 9.59 Å². The second kappa shape index (κ2) is 4.97. The molecule has 0 fully saturated rings. The average molecular weight is 186 g/mol. The number of rotatable bonds is 4. The Morgan fingerprint density at radius 3 is 1.46 bits per heavy atom. The summed E-state index contributed by atoms with van der Waals surface area (Å²) >= 11 is 0. The first-order chi connectivity index (χ1) is 6.02. The van der Waals surface area contributed by atoms with E-state index < -0.39 is 11.9 Å². The molecule has 0 aliphatic heterocycles. The predicted molar refractivity (Wildman–Crippen MR) is 43.4 cm³/mol. The molecule has 0 aromatic carbocycles. The first-order valence-corrected chi connectivity index (χ1v) is 3.25. The van der Waals surface area contributed by atoms with Crippen molar-refractivity contribution in [2.75, 3.05) is 14.2 Å². The maximum Gasteiger partial charge on any atom is 0.373 e. The molecule has 0 heterocycles. The molecule has 0 unspecified atom stereocenters. The summed E-state index contributed by atoms with van der Waals surface area (Å²) in [5.41, 5.74) is 0. The fraction of sp³-hybridized carbons (Fsp3) is 0.250. The number of hydrogen-bond acceptors (Lipinski definition) is 5. The summed E-state index contributed by atoms with van der Waals surface area (Å²) < 4.78 is 13.2. The molecule has 0 atom stereocenters. The van der Waals surface area contributed by atoms with Gasteiger partial charge in [-0.2, -0.15) is 0 Å². The van der Waals surface area contributed by atoms with Gasteiger partial charge in [0.05, 0.1) is 14.2 Å². The lowest BCUT2D eigenvalue weighted by Gasteiger charge is -2.06. The number of carbonyl (C=O) groups is 2. The smallest absolute Gasteiger partial charge is 0.373 e. The third-order valence-corrected chi connectivity index (χ3v) is 1.07. The van der Waals surface area contributed by atoms with Crippen LogP contribution in [0.4, 0.5) is 0 Å². The van der Waals surface area contributed by atoms with Gasteiger partial charge >= 0.3 is 11.9 Å². The van der Waals surface area contributed by atoms with Crippen molar-refractivity contribution in [3.8, 4) is 0 Å². The van der Waals surface area contributed by atoms with Gasteiger partial charge in [-0.1, -0.05) is 0 Å². The van der Waals surface area contributed by atoms with Crippen LogP contribution in [-0.2, 0) is 23.8 Å². The summed E-state index contributed by atoms with van der Waals surface area (Å²) in [5, 5.41) is 0. The number of hydrogen-bond donors (Lipinski definition) is 0. The van der Waals surface area contributed by atoms with E-state index >= 15 is 0 Å². The van der Waals surface area contributed by atoms with Crippen LogP contribution in [0.1, 0.15) is 0 Å². The van der Waals surface area contributed by atoms with Crippen LogP contribution >= 0.6 is 0 Å². The minimum absolute atomic E-state index is 0.321. The second-order valence-corrected chi connectivity index (χ2v) is 1.93. The molecule has 5 heteroatoms. The molecule has 0 bridgehead atoms. The van der Waals surface area contributed by atoms with Gasteiger partial charge in [0.25, 0.3) is 0 Å². The Bertz CT molecular complexity index is 227. The molecule has 0 aromatic heterocycles. The molecule has 0 radical (unpaired) electrons. The third kappa shape index (κ3) is 3.42. The van der Waals surface area contributed by atoms with Gasteiger partial charge in [0.1, 0.15) is 0 Å². The van der Waals surface area contributed by atoms with E-state index in [9.17, 15) is 9.59 Å². The van der Waals surface area contributed by atoms with Crippen molar-refractivity contribution in [2.24, 2.45) is 0 Å². The summed E-state index contributed by atoms with van der Waals surface area (Å²) in [6.07, 6.45) is 0. The highest BCUT2D eigenvalue weighted by Crippen LogP contribution is 2.05. The van der Waals surface area contributed by atoms with Crippen molar-refractivity contribution < 1.29 is 23.8 Å². The summed E-state index contributed by atoms with van der Waals surface area (Å²) in [4.78, 5) is 21.4. The molecule has 0 rings (SSSR count). The van der Waals surface area contributed by atoms with Crippen molar-refractivity contribution in [3.05, 3.63) is 24.7 Å². The second-order valence-electron chi connectivity index (χ2n) is 1.93. The lowest BCUT2D eigenvalue weighted by Crippen LogP contribution is -2.12. The molecule has 0 aliphatic rings. The summed E-state index contributed by atoms with van der Waals surface area (Å²) in [6.45, 7) is 6.43. The van der Waals surface area contributed by atoms with Crippen molar-refractivity contribution >= 4 is 11.9 Å². The maximum atomic E-state index is 10.7. The van der Waals surface area contributed by atoms with Crippen molar-refractivity contribution in [2.45, 2.75) is 0 Å². The molecule has 5 nitrogen and oxygen atoms in total. The molecule has 13 heavy (non-hydrogen) atoms. The molecule has 72 valence electrons. The van der Waals surface area contributed by atoms with Crippen molar-refractivity contribution in [1.82, 2.24) is 0 Å². The minimum atomic E-state index is -0.773. The van der Waals surface area contributed by atoms with Crippen LogP contribution in [-0.4, -0.2) is 26.2 Å². The monoisotopic (exact) mass is 186 g/mol. The Morgan fingerprint density at radius 1 is 0.923 bits per heavy atom.